The van der Waals surface area contributed by atoms with Crippen LogP contribution in [0.4, 0.5) is 5.82 Å². The number of rotatable bonds is 4. The van der Waals surface area contributed by atoms with E-state index in [1.807, 2.05) is 41.4 Å². The number of aromatic nitrogens is 5. The van der Waals surface area contributed by atoms with Gasteiger partial charge < -0.3 is 9.72 Å². The Morgan fingerprint density at radius 2 is 2.15 bits per heavy atom. The van der Waals surface area contributed by atoms with Crippen LogP contribution in [0, 0.1) is 13.8 Å². The van der Waals surface area contributed by atoms with Crippen LogP contribution in [0.25, 0.3) is 11.5 Å². The molecule has 1 N–H and O–H groups in total. The Kier molecular flexibility index (Phi) is 3.14. The molecule has 3 aromatic heterocycles. The van der Waals surface area contributed by atoms with E-state index in [1.165, 1.54) is 0 Å². The second kappa shape index (κ2) is 4.96. The Morgan fingerprint density at radius 3 is 2.85 bits per heavy atom. The molecule has 6 heteroatoms. The van der Waals surface area contributed by atoms with Crippen LogP contribution in [0.3, 0.4) is 0 Å². The molecule has 104 valence electrons. The molecule has 0 amide bonds. The van der Waals surface area contributed by atoms with Gasteiger partial charge in [0.2, 0.25) is 0 Å². The second-order valence-corrected chi connectivity index (χ2v) is 4.87. The number of nitrogens with zero attached hydrogens (tertiary/aromatic N) is 5. The first-order valence-electron chi connectivity index (χ1n) is 6.80. The van der Waals surface area contributed by atoms with E-state index in [4.69, 9.17) is 0 Å². The van der Waals surface area contributed by atoms with E-state index in [0.29, 0.717) is 0 Å². The van der Waals surface area contributed by atoms with Gasteiger partial charge >= 0.3 is 0 Å². The van der Waals surface area contributed by atoms with Crippen LogP contribution < -0.4 is 5.32 Å². The van der Waals surface area contributed by atoms with Crippen molar-refractivity contribution in [3.63, 3.8) is 0 Å². The lowest BCUT2D eigenvalue weighted by Gasteiger charge is -2.09. The third kappa shape index (κ3) is 2.13. The zero-order valence-corrected chi connectivity index (χ0v) is 12.0. The van der Waals surface area contributed by atoms with E-state index in [2.05, 4.69) is 27.3 Å². The lowest BCUT2D eigenvalue weighted by molar-refractivity contribution is 0.802. The first-order chi connectivity index (χ1) is 9.69. The number of fused-ring (bicyclic) bond motifs is 1. The van der Waals surface area contributed by atoms with Crippen molar-refractivity contribution >= 4 is 11.5 Å². The molecule has 0 bridgehead atoms. The Hall–Kier alpha value is -2.37. The van der Waals surface area contributed by atoms with Crippen LogP contribution in [0.5, 0.6) is 0 Å². The van der Waals surface area contributed by atoms with Crippen molar-refractivity contribution in [3.05, 3.63) is 36.0 Å². The molecule has 0 aliphatic carbocycles. The van der Waals surface area contributed by atoms with E-state index in [-0.39, 0.29) is 0 Å². The highest BCUT2D eigenvalue weighted by Gasteiger charge is 2.12. The Labute approximate surface area is 117 Å². The zero-order valence-electron chi connectivity index (χ0n) is 12.0. The zero-order chi connectivity index (χ0) is 14.1. The quantitative estimate of drug-likeness (QED) is 0.790. The first-order valence-corrected chi connectivity index (χ1v) is 6.80. The number of anilines is 1. The van der Waals surface area contributed by atoms with Gasteiger partial charge in [-0.3, -0.25) is 0 Å². The molecule has 3 aromatic rings. The van der Waals surface area contributed by atoms with Crippen LogP contribution in [0.1, 0.15) is 24.7 Å². The monoisotopic (exact) mass is 270 g/mol. The molecule has 20 heavy (non-hydrogen) atoms. The Balaban J connectivity index is 2.17. The number of nitrogens with one attached hydrogen (secondary N) is 1. The molecule has 0 atom stereocenters. The maximum atomic E-state index is 4.66. The maximum Gasteiger partial charge on any atom is 0.199 e. The predicted molar refractivity (Wildman–Crippen MR) is 78.4 cm³/mol. The molecule has 0 saturated heterocycles. The molecule has 0 radical (unpaired) electrons. The number of hydrogen-bond donors (Lipinski definition) is 1. The fourth-order valence-electron chi connectivity index (χ4n) is 2.24. The first kappa shape index (κ1) is 12.7. The minimum Gasteiger partial charge on any atom is -0.369 e. The molecule has 0 unspecified atom stereocenters. The molecule has 6 nitrogen and oxygen atoms in total. The summed E-state index contributed by atoms with van der Waals surface area (Å²) in [6.45, 7) is 7.02. The Morgan fingerprint density at radius 1 is 1.30 bits per heavy atom. The summed E-state index contributed by atoms with van der Waals surface area (Å²) in [5.74, 6) is 1.58. The molecule has 0 aromatic carbocycles. The fraction of sp³-hybridized carbons (Fsp3) is 0.357. The number of aryl methyl sites for hydroxylation is 2. The summed E-state index contributed by atoms with van der Waals surface area (Å²) in [5.41, 5.74) is 2.83. The van der Waals surface area contributed by atoms with Gasteiger partial charge in [-0.2, -0.15) is 5.10 Å². The van der Waals surface area contributed by atoms with E-state index in [9.17, 15) is 0 Å². The van der Waals surface area contributed by atoms with Gasteiger partial charge in [-0.15, -0.1) is 0 Å². The lowest BCUT2D eigenvalue weighted by Crippen LogP contribution is -2.09. The van der Waals surface area contributed by atoms with Crippen LogP contribution in [-0.4, -0.2) is 30.7 Å². The molecule has 3 rings (SSSR count). The van der Waals surface area contributed by atoms with Gasteiger partial charge in [0.05, 0.1) is 11.9 Å². The van der Waals surface area contributed by atoms with Gasteiger partial charge in [0, 0.05) is 24.6 Å². The lowest BCUT2D eigenvalue weighted by atomic mass is 10.4. The molecule has 0 aliphatic rings. The molecule has 0 spiro atoms. The minimum absolute atomic E-state index is 0.752. The maximum absolute atomic E-state index is 4.66. The standard InChI is InChI=1S/C14H18N6/c1-4-5-15-12-9-19-7-6-16-13(19)14(17-12)20-11(3)8-10(2)18-20/h6-9,15H,4-5H2,1-3H3. The molecule has 0 saturated carbocycles. The van der Waals surface area contributed by atoms with Gasteiger partial charge in [-0.25, -0.2) is 14.6 Å². The van der Waals surface area contributed by atoms with Crippen molar-refractivity contribution in [1.82, 2.24) is 24.1 Å². The largest absolute Gasteiger partial charge is 0.369 e. The van der Waals surface area contributed by atoms with Gasteiger partial charge in [0.25, 0.3) is 0 Å². The summed E-state index contributed by atoms with van der Waals surface area (Å²) >= 11 is 0. The number of imidazole rings is 1. The van der Waals surface area contributed by atoms with Crippen molar-refractivity contribution in [2.24, 2.45) is 0 Å². The molecule has 3 heterocycles. The van der Waals surface area contributed by atoms with Gasteiger partial charge in [0.15, 0.2) is 11.5 Å². The average Bonchev–Trinajstić information content (AvgIpc) is 3.01. The summed E-state index contributed by atoms with van der Waals surface area (Å²) in [6, 6.07) is 2.03. The highest BCUT2D eigenvalue weighted by molar-refractivity contribution is 5.58. The Bertz CT molecular complexity index is 739. The van der Waals surface area contributed by atoms with Crippen LogP contribution >= 0.6 is 0 Å². The highest BCUT2D eigenvalue weighted by Crippen LogP contribution is 2.17. The van der Waals surface area contributed by atoms with E-state index in [0.717, 1.165) is 41.6 Å². The summed E-state index contributed by atoms with van der Waals surface area (Å²) in [5, 5.41) is 7.82. The third-order valence-corrected chi connectivity index (χ3v) is 3.12. The SMILES string of the molecule is CCCNc1cn2ccnc2c(-n2nc(C)cc2C)n1. The van der Waals surface area contributed by atoms with Crippen molar-refractivity contribution in [1.29, 1.82) is 0 Å². The van der Waals surface area contributed by atoms with Gasteiger partial charge in [-0.1, -0.05) is 6.92 Å². The van der Waals surface area contributed by atoms with Crippen LogP contribution in [0.2, 0.25) is 0 Å². The second-order valence-electron chi connectivity index (χ2n) is 4.87. The van der Waals surface area contributed by atoms with Gasteiger partial charge in [0.1, 0.15) is 5.82 Å². The summed E-state index contributed by atoms with van der Waals surface area (Å²) in [7, 11) is 0. The molecular weight excluding hydrogens is 252 g/mol. The smallest absolute Gasteiger partial charge is 0.199 e. The van der Waals surface area contributed by atoms with Gasteiger partial charge in [-0.05, 0) is 26.3 Å². The van der Waals surface area contributed by atoms with E-state index in [1.54, 1.807) is 6.20 Å². The highest BCUT2D eigenvalue weighted by atomic mass is 15.3. The topological polar surface area (TPSA) is 60.0 Å². The summed E-state index contributed by atoms with van der Waals surface area (Å²) in [4.78, 5) is 9.04. The molecular formula is C14H18N6. The average molecular weight is 270 g/mol. The van der Waals surface area contributed by atoms with Crippen LogP contribution in [0.15, 0.2) is 24.7 Å². The molecule has 0 aliphatic heterocycles. The van der Waals surface area contributed by atoms with Crippen molar-refractivity contribution < 1.29 is 0 Å². The van der Waals surface area contributed by atoms with Crippen molar-refractivity contribution in [2.45, 2.75) is 27.2 Å². The van der Waals surface area contributed by atoms with Crippen molar-refractivity contribution in [2.75, 3.05) is 11.9 Å². The summed E-state index contributed by atoms with van der Waals surface area (Å²) < 4.78 is 3.81. The fourth-order valence-corrected chi connectivity index (χ4v) is 2.24. The number of hydrogen-bond acceptors (Lipinski definition) is 4. The third-order valence-electron chi connectivity index (χ3n) is 3.12. The predicted octanol–water partition coefficient (Wildman–Crippen LogP) is 2.35. The molecule has 0 fully saturated rings. The minimum atomic E-state index is 0.752. The van der Waals surface area contributed by atoms with E-state index >= 15 is 0 Å². The normalized spacial score (nSPS) is 11.2. The van der Waals surface area contributed by atoms with E-state index < -0.39 is 0 Å². The van der Waals surface area contributed by atoms with Crippen LogP contribution in [-0.2, 0) is 0 Å². The summed E-state index contributed by atoms with van der Waals surface area (Å²) in [6.07, 6.45) is 6.70. The van der Waals surface area contributed by atoms with Crippen molar-refractivity contribution in [3.8, 4) is 5.82 Å².